The molecule has 0 N–H and O–H groups in total. The van der Waals surface area contributed by atoms with Crippen LogP contribution in [-0.4, -0.2) is 48.4 Å². The lowest BCUT2D eigenvalue weighted by Crippen LogP contribution is -2.47. The Bertz CT molecular complexity index is 888. The number of rotatable bonds is 8. The van der Waals surface area contributed by atoms with Gasteiger partial charge in [-0.05, 0) is 60.4 Å². The topological polar surface area (TPSA) is 49.9 Å². The Morgan fingerprint density at radius 1 is 1.20 bits per heavy atom. The Hall–Kier alpha value is -2.34. The van der Waals surface area contributed by atoms with Gasteiger partial charge < -0.3 is 14.5 Å². The maximum Gasteiger partial charge on any atom is 0.242 e. The summed E-state index contributed by atoms with van der Waals surface area (Å²) in [5, 5.41) is 2.11. The van der Waals surface area contributed by atoms with Crippen LogP contribution in [0.15, 0.2) is 35.7 Å². The van der Waals surface area contributed by atoms with Gasteiger partial charge >= 0.3 is 0 Å². The Morgan fingerprint density at radius 2 is 1.97 bits per heavy atom. The molecule has 4 rings (SSSR count). The van der Waals surface area contributed by atoms with Gasteiger partial charge in [0.15, 0.2) is 0 Å². The van der Waals surface area contributed by atoms with Gasteiger partial charge in [0.2, 0.25) is 11.8 Å². The number of fused-ring (bicyclic) bond motifs is 1. The van der Waals surface area contributed by atoms with Crippen LogP contribution in [0.4, 0.5) is 0 Å². The predicted molar refractivity (Wildman–Crippen MR) is 119 cm³/mol. The average Bonchev–Trinajstić information content (AvgIpc) is 3.52. The van der Waals surface area contributed by atoms with Crippen LogP contribution in [0.2, 0.25) is 0 Å². The smallest absolute Gasteiger partial charge is 0.242 e. The summed E-state index contributed by atoms with van der Waals surface area (Å²) < 4.78 is 5.31. The van der Waals surface area contributed by atoms with Crippen LogP contribution in [0, 0.1) is 5.92 Å². The fourth-order valence-corrected chi connectivity index (χ4v) is 5.09. The second-order valence-electron chi connectivity index (χ2n) is 8.20. The normalized spacial score (nSPS) is 18.1. The molecule has 0 spiro atoms. The molecule has 6 heteroatoms. The highest BCUT2D eigenvalue weighted by atomic mass is 32.1. The Labute approximate surface area is 182 Å². The molecule has 30 heavy (non-hydrogen) atoms. The van der Waals surface area contributed by atoms with Crippen molar-refractivity contribution in [3.8, 4) is 5.75 Å². The van der Waals surface area contributed by atoms with Crippen molar-refractivity contribution in [3.63, 3.8) is 0 Å². The second-order valence-corrected chi connectivity index (χ2v) is 9.20. The van der Waals surface area contributed by atoms with E-state index in [2.05, 4.69) is 18.4 Å². The van der Waals surface area contributed by atoms with Crippen molar-refractivity contribution in [1.82, 2.24) is 9.80 Å². The molecule has 1 aliphatic carbocycles. The van der Waals surface area contributed by atoms with Gasteiger partial charge in [0.05, 0.1) is 19.7 Å². The minimum Gasteiger partial charge on any atom is -0.497 e. The lowest BCUT2D eigenvalue weighted by Gasteiger charge is -2.37. The monoisotopic (exact) mass is 426 g/mol. The van der Waals surface area contributed by atoms with Gasteiger partial charge in [0.25, 0.3) is 0 Å². The summed E-state index contributed by atoms with van der Waals surface area (Å²) in [6, 6.07) is 10.0. The van der Waals surface area contributed by atoms with Gasteiger partial charge in [0, 0.05) is 23.9 Å². The molecule has 0 bridgehead atoms. The summed E-state index contributed by atoms with van der Waals surface area (Å²) >= 11 is 1.76. The molecule has 1 aromatic carbocycles. The number of carbonyl (C=O) groups excluding carboxylic acids is 2. The highest BCUT2D eigenvalue weighted by molar-refractivity contribution is 7.10. The summed E-state index contributed by atoms with van der Waals surface area (Å²) in [4.78, 5) is 31.3. The third-order valence-electron chi connectivity index (χ3n) is 6.06. The van der Waals surface area contributed by atoms with Gasteiger partial charge in [-0.15, -0.1) is 11.3 Å². The molecule has 2 aliphatic rings. The number of benzene rings is 1. The van der Waals surface area contributed by atoms with Crippen LogP contribution in [0.3, 0.4) is 0 Å². The van der Waals surface area contributed by atoms with Crippen molar-refractivity contribution >= 4 is 23.2 Å². The van der Waals surface area contributed by atoms with Crippen LogP contribution in [0.25, 0.3) is 0 Å². The lowest BCUT2D eigenvalue weighted by atomic mass is 9.93. The van der Waals surface area contributed by atoms with E-state index in [9.17, 15) is 9.59 Å². The zero-order valence-electron chi connectivity index (χ0n) is 17.8. The van der Waals surface area contributed by atoms with E-state index in [0.717, 1.165) is 43.4 Å². The van der Waals surface area contributed by atoms with E-state index in [1.807, 2.05) is 29.2 Å². The first kappa shape index (κ1) is 20.9. The molecule has 2 amide bonds. The molecular formula is C24H30N2O3S. The summed E-state index contributed by atoms with van der Waals surface area (Å²) in [6.45, 7) is 3.65. The summed E-state index contributed by atoms with van der Waals surface area (Å²) in [5.74, 6) is 1.14. The Balaban J connectivity index is 1.58. The van der Waals surface area contributed by atoms with Crippen LogP contribution in [-0.2, 0) is 16.0 Å². The first-order chi connectivity index (χ1) is 14.6. The predicted octanol–water partition coefficient (Wildman–Crippen LogP) is 4.27. The number of hydrogen-bond acceptors (Lipinski definition) is 4. The first-order valence-corrected chi connectivity index (χ1v) is 11.8. The Morgan fingerprint density at radius 3 is 2.63 bits per heavy atom. The quantitative estimate of drug-likeness (QED) is 0.633. The van der Waals surface area contributed by atoms with E-state index in [1.165, 1.54) is 10.4 Å². The van der Waals surface area contributed by atoms with Crippen LogP contribution in [0.5, 0.6) is 5.75 Å². The zero-order chi connectivity index (χ0) is 21.1. The minimum atomic E-state index is -0.109. The standard InChI is InChI=1S/C24H30N2O3S/c1-3-4-13-25(24(28)18-5-6-18)16-22(27)26-14-11-21-20(12-15-30-21)23(26)17-7-9-19(29-2)10-8-17/h7-10,12,15,18,23H,3-6,11,13-14,16H2,1-2H3/t23-/m1/s1. The molecule has 1 aliphatic heterocycles. The number of methoxy groups -OCH3 is 1. The van der Waals surface area contributed by atoms with E-state index in [-0.39, 0.29) is 30.3 Å². The molecule has 1 fully saturated rings. The van der Waals surface area contributed by atoms with Crippen LogP contribution >= 0.6 is 11.3 Å². The Kier molecular flexibility index (Phi) is 6.42. The lowest BCUT2D eigenvalue weighted by molar-refractivity contribution is -0.142. The number of ether oxygens (including phenoxy) is 1. The van der Waals surface area contributed by atoms with Crippen LogP contribution in [0.1, 0.15) is 54.7 Å². The molecule has 2 aromatic rings. The maximum absolute atomic E-state index is 13.5. The number of thiophene rings is 1. The van der Waals surface area contributed by atoms with Crippen molar-refractivity contribution in [1.29, 1.82) is 0 Å². The second kappa shape index (κ2) is 9.21. The minimum absolute atomic E-state index is 0.0396. The van der Waals surface area contributed by atoms with E-state index in [1.54, 1.807) is 23.3 Å². The highest BCUT2D eigenvalue weighted by Gasteiger charge is 2.37. The summed E-state index contributed by atoms with van der Waals surface area (Å²) in [7, 11) is 1.66. The first-order valence-electron chi connectivity index (χ1n) is 10.9. The number of carbonyl (C=O) groups is 2. The van der Waals surface area contributed by atoms with Gasteiger partial charge in [-0.1, -0.05) is 25.5 Å². The molecule has 1 saturated carbocycles. The van der Waals surface area contributed by atoms with Crippen molar-refractivity contribution in [2.45, 2.75) is 45.1 Å². The average molecular weight is 427 g/mol. The largest absolute Gasteiger partial charge is 0.497 e. The van der Waals surface area contributed by atoms with E-state index in [4.69, 9.17) is 4.74 Å². The third-order valence-corrected chi connectivity index (χ3v) is 7.06. The maximum atomic E-state index is 13.5. The van der Waals surface area contributed by atoms with Gasteiger partial charge in [-0.3, -0.25) is 9.59 Å². The highest BCUT2D eigenvalue weighted by Crippen LogP contribution is 2.38. The van der Waals surface area contributed by atoms with E-state index in [0.29, 0.717) is 13.1 Å². The molecule has 2 heterocycles. The molecular weight excluding hydrogens is 396 g/mol. The molecule has 1 aromatic heterocycles. The number of nitrogens with zero attached hydrogens (tertiary/aromatic N) is 2. The van der Waals surface area contributed by atoms with Crippen molar-refractivity contribution in [2.75, 3.05) is 26.7 Å². The van der Waals surface area contributed by atoms with Gasteiger partial charge in [0.1, 0.15) is 5.75 Å². The summed E-state index contributed by atoms with van der Waals surface area (Å²) in [5.41, 5.74) is 2.29. The number of hydrogen-bond donors (Lipinski definition) is 0. The SMILES string of the molecule is CCCCN(CC(=O)N1CCc2sccc2[C@H]1c1ccc(OC)cc1)C(=O)C1CC1. The molecule has 5 nitrogen and oxygen atoms in total. The van der Waals surface area contributed by atoms with E-state index < -0.39 is 0 Å². The molecule has 160 valence electrons. The van der Waals surface area contributed by atoms with Gasteiger partial charge in [-0.2, -0.15) is 0 Å². The van der Waals surface area contributed by atoms with Gasteiger partial charge in [-0.25, -0.2) is 0 Å². The van der Waals surface area contributed by atoms with Crippen LogP contribution < -0.4 is 4.74 Å². The number of amides is 2. The zero-order valence-corrected chi connectivity index (χ0v) is 18.6. The van der Waals surface area contributed by atoms with Crippen molar-refractivity contribution < 1.29 is 14.3 Å². The van der Waals surface area contributed by atoms with Crippen molar-refractivity contribution in [2.24, 2.45) is 5.92 Å². The molecule has 0 unspecified atom stereocenters. The molecule has 0 radical (unpaired) electrons. The fourth-order valence-electron chi connectivity index (χ4n) is 4.19. The van der Waals surface area contributed by atoms with Crippen molar-refractivity contribution in [3.05, 3.63) is 51.7 Å². The molecule has 1 atom stereocenters. The fraction of sp³-hybridized carbons (Fsp3) is 0.500. The third kappa shape index (κ3) is 4.38. The van der Waals surface area contributed by atoms with E-state index >= 15 is 0 Å². The molecule has 0 saturated heterocycles. The number of unbranched alkanes of at least 4 members (excludes halogenated alkanes) is 1. The summed E-state index contributed by atoms with van der Waals surface area (Å²) in [6.07, 6.45) is 4.75.